The maximum absolute atomic E-state index is 5.51. The maximum Gasteiger partial charge on any atom is 0.170 e. The molecule has 1 aliphatic heterocycles. The fourth-order valence-corrected chi connectivity index (χ4v) is 4.16. The van der Waals surface area contributed by atoms with E-state index in [9.17, 15) is 0 Å². The van der Waals surface area contributed by atoms with Gasteiger partial charge in [-0.2, -0.15) is 0 Å². The standard InChI is InChI=1S/C20H27N3OS2/c1-15(2)16-5-7-17(8-6-16)22-20(25)21-14-18(19-4-3-13-26-19)23-9-11-24-12-10-23/h3-8,13,15,18H,9-12,14H2,1-2H3,(H2,21,22,25)/t18-/m0/s1. The van der Waals surface area contributed by atoms with Gasteiger partial charge >= 0.3 is 0 Å². The van der Waals surface area contributed by atoms with Gasteiger partial charge in [-0.3, -0.25) is 4.90 Å². The smallest absolute Gasteiger partial charge is 0.170 e. The van der Waals surface area contributed by atoms with Gasteiger partial charge in [0.2, 0.25) is 0 Å². The van der Waals surface area contributed by atoms with Gasteiger partial charge < -0.3 is 15.4 Å². The number of rotatable bonds is 6. The molecule has 2 N–H and O–H groups in total. The lowest BCUT2D eigenvalue weighted by Crippen LogP contribution is -2.44. The molecule has 0 saturated carbocycles. The van der Waals surface area contributed by atoms with Crippen molar-refractivity contribution in [1.29, 1.82) is 0 Å². The Labute approximate surface area is 165 Å². The second kappa shape index (κ2) is 9.46. The van der Waals surface area contributed by atoms with Crippen molar-refractivity contribution in [2.24, 2.45) is 0 Å². The van der Waals surface area contributed by atoms with Crippen molar-refractivity contribution in [1.82, 2.24) is 10.2 Å². The van der Waals surface area contributed by atoms with Gasteiger partial charge in [0.1, 0.15) is 0 Å². The number of nitrogens with one attached hydrogen (secondary N) is 2. The lowest BCUT2D eigenvalue weighted by Gasteiger charge is -2.34. The number of hydrogen-bond acceptors (Lipinski definition) is 4. The minimum atomic E-state index is 0.321. The molecule has 0 bridgehead atoms. The molecule has 0 aliphatic carbocycles. The molecule has 0 spiro atoms. The van der Waals surface area contributed by atoms with Crippen LogP contribution in [-0.4, -0.2) is 42.9 Å². The number of ether oxygens (including phenoxy) is 1. The van der Waals surface area contributed by atoms with Crippen LogP contribution in [0.2, 0.25) is 0 Å². The fourth-order valence-electron chi connectivity index (χ4n) is 3.10. The Balaban J connectivity index is 1.57. The second-order valence-electron chi connectivity index (χ2n) is 6.79. The van der Waals surface area contributed by atoms with Crippen molar-refractivity contribution in [3.05, 3.63) is 52.2 Å². The van der Waals surface area contributed by atoms with Gasteiger partial charge in [0, 0.05) is 30.2 Å². The number of hydrogen-bond donors (Lipinski definition) is 2. The Morgan fingerprint density at radius 2 is 1.92 bits per heavy atom. The Morgan fingerprint density at radius 1 is 1.19 bits per heavy atom. The van der Waals surface area contributed by atoms with Crippen LogP contribution < -0.4 is 10.6 Å². The van der Waals surface area contributed by atoms with Crippen LogP contribution in [0, 0.1) is 0 Å². The van der Waals surface area contributed by atoms with E-state index in [1.807, 2.05) is 0 Å². The molecular weight excluding hydrogens is 362 g/mol. The zero-order valence-corrected chi connectivity index (χ0v) is 17.0. The first-order valence-electron chi connectivity index (χ1n) is 9.13. The molecule has 2 aromatic rings. The van der Waals surface area contributed by atoms with Gasteiger partial charge in [-0.25, -0.2) is 0 Å². The van der Waals surface area contributed by atoms with Gasteiger partial charge in [-0.1, -0.05) is 32.0 Å². The Bertz CT molecular complexity index is 680. The first-order valence-corrected chi connectivity index (χ1v) is 10.4. The summed E-state index contributed by atoms with van der Waals surface area (Å²) in [7, 11) is 0. The number of benzene rings is 1. The molecule has 6 heteroatoms. The van der Waals surface area contributed by atoms with Crippen LogP contribution in [0.4, 0.5) is 5.69 Å². The SMILES string of the molecule is CC(C)c1ccc(NC(=S)NC[C@@H](c2cccs2)N2CCOCC2)cc1. The summed E-state index contributed by atoms with van der Waals surface area (Å²) in [6, 6.07) is 13.1. The highest BCUT2D eigenvalue weighted by atomic mass is 32.1. The molecule has 1 fully saturated rings. The fraction of sp³-hybridized carbons (Fsp3) is 0.450. The second-order valence-corrected chi connectivity index (χ2v) is 8.18. The molecule has 1 aromatic carbocycles. The Kier molecular flexibility index (Phi) is 7.02. The molecule has 1 aromatic heterocycles. The van der Waals surface area contributed by atoms with E-state index in [-0.39, 0.29) is 0 Å². The summed E-state index contributed by atoms with van der Waals surface area (Å²) in [4.78, 5) is 3.84. The third kappa shape index (κ3) is 5.27. The van der Waals surface area contributed by atoms with E-state index in [0.29, 0.717) is 17.1 Å². The highest BCUT2D eigenvalue weighted by molar-refractivity contribution is 7.80. The number of morpholine rings is 1. The number of anilines is 1. The lowest BCUT2D eigenvalue weighted by molar-refractivity contribution is 0.0177. The van der Waals surface area contributed by atoms with Crippen LogP contribution in [0.1, 0.15) is 36.2 Å². The van der Waals surface area contributed by atoms with Gasteiger partial charge in [-0.15, -0.1) is 11.3 Å². The van der Waals surface area contributed by atoms with E-state index in [1.54, 1.807) is 11.3 Å². The van der Waals surface area contributed by atoms with Crippen molar-refractivity contribution < 1.29 is 4.74 Å². The van der Waals surface area contributed by atoms with Crippen molar-refractivity contribution in [3.63, 3.8) is 0 Å². The molecule has 0 amide bonds. The van der Waals surface area contributed by atoms with E-state index >= 15 is 0 Å². The third-order valence-electron chi connectivity index (χ3n) is 4.65. The molecule has 0 radical (unpaired) electrons. The normalized spacial score (nSPS) is 16.4. The van der Waals surface area contributed by atoms with Crippen LogP contribution in [0.3, 0.4) is 0 Å². The summed E-state index contributed by atoms with van der Waals surface area (Å²) in [6.07, 6.45) is 0. The molecular formula is C20H27N3OS2. The van der Waals surface area contributed by atoms with E-state index < -0.39 is 0 Å². The number of thiocarbonyl (C=S) groups is 1. The average molecular weight is 390 g/mol. The van der Waals surface area contributed by atoms with Crippen LogP contribution in [-0.2, 0) is 4.74 Å². The van der Waals surface area contributed by atoms with Crippen molar-refractivity contribution in [2.45, 2.75) is 25.8 Å². The minimum Gasteiger partial charge on any atom is -0.379 e. The molecule has 140 valence electrons. The van der Waals surface area contributed by atoms with Crippen LogP contribution >= 0.6 is 23.6 Å². The molecule has 2 heterocycles. The topological polar surface area (TPSA) is 36.5 Å². The first kappa shape index (κ1) is 19.3. The summed E-state index contributed by atoms with van der Waals surface area (Å²) in [6.45, 7) is 8.70. The largest absolute Gasteiger partial charge is 0.379 e. The van der Waals surface area contributed by atoms with E-state index in [4.69, 9.17) is 17.0 Å². The predicted octanol–water partition coefficient (Wildman–Crippen LogP) is 4.23. The third-order valence-corrected chi connectivity index (χ3v) is 5.87. The summed E-state index contributed by atoms with van der Waals surface area (Å²) in [5.74, 6) is 0.536. The molecule has 3 rings (SSSR count). The predicted molar refractivity (Wildman–Crippen MR) is 114 cm³/mol. The van der Waals surface area contributed by atoms with Crippen LogP contribution in [0.15, 0.2) is 41.8 Å². The zero-order chi connectivity index (χ0) is 18.4. The van der Waals surface area contributed by atoms with Crippen molar-refractivity contribution in [3.8, 4) is 0 Å². The zero-order valence-electron chi connectivity index (χ0n) is 15.4. The Hall–Kier alpha value is -1.47. The molecule has 1 atom stereocenters. The number of nitrogens with zero attached hydrogens (tertiary/aromatic N) is 1. The van der Waals surface area contributed by atoms with Gasteiger partial charge in [0.05, 0.1) is 19.3 Å². The van der Waals surface area contributed by atoms with Gasteiger partial charge in [0.15, 0.2) is 5.11 Å². The summed E-state index contributed by atoms with van der Waals surface area (Å²) in [5.41, 5.74) is 2.35. The molecule has 1 aliphatic rings. The number of thiophene rings is 1. The molecule has 1 saturated heterocycles. The minimum absolute atomic E-state index is 0.321. The lowest BCUT2D eigenvalue weighted by atomic mass is 10.0. The summed E-state index contributed by atoms with van der Waals surface area (Å²) < 4.78 is 5.50. The first-order chi connectivity index (χ1) is 12.6. The van der Waals surface area contributed by atoms with Crippen molar-refractivity contribution >= 4 is 34.4 Å². The Morgan fingerprint density at radius 3 is 2.54 bits per heavy atom. The molecule has 26 heavy (non-hydrogen) atoms. The quantitative estimate of drug-likeness (QED) is 0.723. The van der Waals surface area contributed by atoms with Crippen molar-refractivity contribution in [2.75, 3.05) is 38.2 Å². The van der Waals surface area contributed by atoms with Crippen LogP contribution in [0.5, 0.6) is 0 Å². The summed E-state index contributed by atoms with van der Waals surface area (Å²) in [5, 5.41) is 9.49. The van der Waals surface area contributed by atoms with Gasteiger partial charge in [0.25, 0.3) is 0 Å². The molecule has 4 nitrogen and oxygen atoms in total. The highest BCUT2D eigenvalue weighted by Gasteiger charge is 2.23. The van der Waals surface area contributed by atoms with E-state index in [1.165, 1.54) is 10.4 Å². The van der Waals surface area contributed by atoms with E-state index in [2.05, 4.69) is 71.2 Å². The average Bonchev–Trinajstić information content (AvgIpc) is 3.17. The monoisotopic (exact) mass is 389 g/mol. The highest BCUT2D eigenvalue weighted by Crippen LogP contribution is 2.25. The van der Waals surface area contributed by atoms with E-state index in [0.717, 1.165) is 38.5 Å². The van der Waals surface area contributed by atoms with Gasteiger partial charge in [-0.05, 0) is 47.3 Å². The molecule has 0 unspecified atom stereocenters. The maximum atomic E-state index is 5.51. The van der Waals surface area contributed by atoms with Crippen LogP contribution in [0.25, 0.3) is 0 Å². The summed E-state index contributed by atoms with van der Waals surface area (Å²) >= 11 is 7.31.